The number of nitrogens with two attached hydrogens (primary N) is 1. The van der Waals surface area contributed by atoms with E-state index in [2.05, 4.69) is 22.2 Å². The molecule has 0 bridgehead atoms. The molecule has 0 unspecified atom stereocenters. The number of rotatable bonds is 6. The molecule has 1 aliphatic heterocycles. The van der Waals surface area contributed by atoms with E-state index >= 15 is 0 Å². The van der Waals surface area contributed by atoms with Crippen molar-refractivity contribution in [1.29, 1.82) is 0 Å². The van der Waals surface area contributed by atoms with E-state index in [1.807, 2.05) is 42.5 Å². The topological polar surface area (TPSA) is 83.3 Å². The number of carbonyl (C=O) groups excluding carboxylic acids is 1. The van der Waals surface area contributed by atoms with Gasteiger partial charge < -0.3 is 21.3 Å². The lowest BCUT2D eigenvalue weighted by atomic mass is 10.0. The van der Waals surface area contributed by atoms with Crippen molar-refractivity contribution >= 4 is 17.4 Å². The number of hydrogen-bond acceptors (Lipinski definition) is 5. The van der Waals surface area contributed by atoms with Crippen molar-refractivity contribution in [3.8, 4) is 0 Å². The van der Waals surface area contributed by atoms with Crippen LogP contribution in [0.4, 0.5) is 11.5 Å². The molecule has 2 aromatic rings. The number of amides is 1. The first-order chi connectivity index (χ1) is 12.5. The van der Waals surface area contributed by atoms with Crippen molar-refractivity contribution in [1.82, 2.24) is 15.2 Å². The van der Waals surface area contributed by atoms with Crippen LogP contribution in [0, 0.1) is 0 Å². The number of anilines is 2. The molecule has 4 N–H and O–H groups in total. The summed E-state index contributed by atoms with van der Waals surface area (Å²) < 4.78 is 0. The van der Waals surface area contributed by atoms with E-state index in [1.165, 1.54) is 0 Å². The van der Waals surface area contributed by atoms with Gasteiger partial charge in [-0.15, -0.1) is 0 Å². The summed E-state index contributed by atoms with van der Waals surface area (Å²) in [6.07, 6.45) is 2.42. The number of benzene rings is 1. The van der Waals surface area contributed by atoms with Crippen LogP contribution in [-0.2, 0) is 11.3 Å². The van der Waals surface area contributed by atoms with Crippen molar-refractivity contribution in [3.63, 3.8) is 0 Å². The molecule has 0 fully saturated rings. The van der Waals surface area contributed by atoms with Gasteiger partial charge in [-0.05, 0) is 29.8 Å². The van der Waals surface area contributed by atoms with Gasteiger partial charge in [0, 0.05) is 49.8 Å². The first-order valence-corrected chi connectivity index (χ1v) is 8.49. The molecule has 1 aromatic carbocycles. The summed E-state index contributed by atoms with van der Waals surface area (Å²) in [6, 6.07) is 13.4. The molecular weight excluding hydrogens is 326 g/mol. The zero-order valence-corrected chi connectivity index (χ0v) is 14.8. The molecule has 0 spiro atoms. The van der Waals surface area contributed by atoms with E-state index in [1.54, 1.807) is 18.1 Å². The number of nitrogens with one attached hydrogen (secondary N) is 2. The van der Waals surface area contributed by atoms with Crippen LogP contribution in [0.5, 0.6) is 0 Å². The van der Waals surface area contributed by atoms with Crippen molar-refractivity contribution in [3.05, 3.63) is 77.8 Å². The van der Waals surface area contributed by atoms with Crippen LogP contribution in [-0.4, -0.2) is 29.4 Å². The van der Waals surface area contributed by atoms with E-state index in [0.29, 0.717) is 30.2 Å². The zero-order chi connectivity index (χ0) is 18.5. The minimum Gasteiger partial charge on any atom is -0.384 e. The number of nitrogen functional groups attached to an aromatic ring is 1. The minimum atomic E-state index is -0.0403. The van der Waals surface area contributed by atoms with E-state index in [4.69, 9.17) is 5.73 Å². The molecule has 1 amide bonds. The van der Waals surface area contributed by atoms with Crippen LogP contribution in [0.2, 0.25) is 0 Å². The molecule has 26 heavy (non-hydrogen) atoms. The number of likely N-dealkylation sites (N-methyl/N-ethyl adjacent to an activating group) is 1. The maximum atomic E-state index is 12.7. The summed E-state index contributed by atoms with van der Waals surface area (Å²) in [5.41, 5.74) is 9.70. The summed E-state index contributed by atoms with van der Waals surface area (Å²) in [4.78, 5) is 18.4. The second kappa shape index (κ2) is 7.74. The summed E-state index contributed by atoms with van der Waals surface area (Å²) in [6.45, 7) is 5.33. The van der Waals surface area contributed by atoms with Gasteiger partial charge in [-0.3, -0.25) is 4.79 Å². The molecule has 0 aliphatic carbocycles. The Labute approximate surface area is 153 Å². The Morgan fingerprint density at radius 2 is 2.08 bits per heavy atom. The van der Waals surface area contributed by atoms with Crippen molar-refractivity contribution in [2.75, 3.05) is 24.6 Å². The molecule has 0 saturated carbocycles. The van der Waals surface area contributed by atoms with Gasteiger partial charge in [0.1, 0.15) is 5.82 Å². The fourth-order valence-corrected chi connectivity index (χ4v) is 2.89. The Morgan fingerprint density at radius 3 is 2.81 bits per heavy atom. The normalized spacial score (nSPS) is 14.3. The SMILES string of the molecule is C=C(Nc1ccccc1)C1=C(NCc2ccnc(N)c2)CCN(C)C1=O. The standard InChI is InChI=1S/C20H23N5O/c1-14(24-16-6-4-3-5-7-16)19-17(9-11-25(2)20(19)26)23-13-15-8-10-22-18(21)12-15/h3-8,10,12,23-24H,1,9,11,13H2,2H3,(H2,21,22). The predicted molar refractivity (Wildman–Crippen MR) is 104 cm³/mol. The third-order valence-electron chi connectivity index (χ3n) is 4.28. The van der Waals surface area contributed by atoms with Gasteiger partial charge in [0.25, 0.3) is 5.91 Å². The first kappa shape index (κ1) is 17.5. The number of nitrogens with zero attached hydrogens (tertiary/aromatic N) is 2. The van der Waals surface area contributed by atoms with Crippen molar-refractivity contribution in [2.45, 2.75) is 13.0 Å². The van der Waals surface area contributed by atoms with Crippen LogP contribution < -0.4 is 16.4 Å². The fourth-order valence-electron chi connectivity index (χ4n) is 2.89. The molecule has 0 radical (unpaired) electrons. The highest BCUT2D eigenvalue weighted by Crippen LogP contribution is 2.24. The third kappa shape index (κ3) is 4.03. The minimum absolute atomic E-state index is 0.0403. The van der Waals surface area contributed by atoms with Crippen LogP contribution in [0.1, 0.15) is 12.0 Å². The molecule has 3 rings (SSSR count). The number of pyridine rings is 1. The summed E-state index contributed by atoms with van der Waals surface area (Å²) in [7, 11) is 1.80. The van der Waals surface area contributed by atoms with Crippen molar-refractivity contribution in [2.24, 2.45) is 0 Å². The summed E-state index contributed by atoms with van der Waals surface area (Å²) in [5.74, 6) is 0.439. The molecule has 6 nitrogen and oxygen atoms in total. The Morgan fingerprint density at radius 1 is 1.31 bits per heavy atom. The lowest BCUT2D eigenvalue weighted by Gasteiger charge is -2.29. The quantitative estimate of drug-likeness (QED) is 0.746. The van der Waals surface area contributed by atoms with Gasteiger partial charge >= 0.3 is 0 Å². The molecule has 0 atom stereocenters. The molecule has 0 saturated heterocycles. The van der Waals surface area contributed by atoms with Crippen LogP contribution in [0.25, 0.3) is 0 Å². The first-order valence-electron chi connectivity index (χ1n) is 8.49. The van der Waals surface area contributed by atoms with E-state index in [9.17, 15) is 4.79 Å². The molecule has 2 heterocycles. The second-order valence-electron chi connectivity index (χ2n) is 6.24. The highest BCUT2D eigenvalue weighted by molar-refractivity contribution is 5.99. The maximum Gasteiger partial charge on any atom is 0.257 e. The maximum absolute atomic E-state index is 12.7. The van der Waals surface area contributed by atoms with Gasteiger partial charge in [-0.2, -0.15) is 0 Å². The predicted octanol–water partition coefficient (Wildman–Crippen LogP) is 2.50. The number of para-hydroxylation sites is 1. The zero-order valence-electron chi connectivity index (χ0n) is 14.8. The van der Waals surface area contributed by atoms with Gasteiger partial charge in [0.15, 0.2) is 0 Å². The average Bonchev–Trinajstić information content (AvgIpc) is 2.63. The third-order valence-corrected chi connectivity index (χ3v) is 4.28. The highest BCUT2D eigenvalue weighted by Gasteiger charge is 2.26. The second-order valence-corrected chi connectivity index (χ2v) is 6.24. The number of hydrogen-bond donors (Lipinski definition) is 3. The largest absolute Gasteiger partial charge is 0.384 e. The summed E-state index contributed by atoms with van der Waals surface area (Å²) >= 11 is 0. The van der Waals surface area contributed by atoms with E-state index < -0.39 is 0 Å². The molecule has 1 aromatic heterocycles. The molecule has 134 valence electrons. The van der Waals surface area contributed by atoms with E-state index in [0.717, 1.165) is 23.4 Å². The highest BCUT2D eigenvalue weighted by atomic mass is 16.2. The van der Waals surface area contributed by atoms with E-state index in [-0.39, 0.29) is 5.91 Å². The van der Waals surface area contributed by atoms with Gasteiger partial charge in [-0.1, -0.05) is 24.8 Å². The van der Waals surface area contributed by atoms with Gasteiger partial charge in [0.05, 0.1) is 5.57 Å². The van der Waals surface area contributed by atoms with Gasteiger partial charge in [-0.25, -0.2) is 4.98 Å². The van der Waals surface area contributed by atoms with Crippen LogP contribution in [0.3, 0.4) is 0 Å². The Hall–Kier alpha value is -3.28. The lowest BCUT2D eigenvalue weighted by molar-refractivity contribution is -0.126. The Kier molecular flexibility index (Phi) is 5.22. The Balaban J connectivity index is 1.82. The van der Waals surface area contributed by atoms with Crippen molar-refractivity contribution < 1.29 is 4.79 Å². The monoisotopic (exact) mass is 349 g/mol. The Bertz CT molecular complexity index is 844. The number of carbonyl (C=O) groups is 1. The molecule has 6 heteroatoms. The average molecular weight is 349 g/mol. The summed E-state index contributed by atoms with van der Waals surface area (Å²) in [5, 5.41) is 6.61. The van der Waals surface area contributed by atoms with Crippen LogP contribution in [0.15, 0.2) is 72.2 Å². The molecule has 1 aliphatic rings. The lowest BCUT2D eigenvalue weighted by Crippen LogP contribution is -2.38. The fraction of sp³-hybridized carbons (Fsp3) is 0.200. The smallest absolute Gasteiger partial charge is 0.257 e. The van der Waals surface area contributed by atoms with Crippen LogP contribution >= 0.6 is 0 Å². The van der Waals surface area contributed by atoms with Gasteiger partial charge in [0.2, 0.25) is 0 Å². The number of aromatic nitrogens is 1. The molecular formula is C20H23N5O.